The highest BCUT2D eigenvalue weighted by atomic mass is 32.2. The Hall–Kier alpha value is -5.91. The molecule has 4 heterocycles. The monoisotopic (exact) mass is 1300 g/mol. The number of fused-ring (bicyclic) bond motifs is 4. The highest BCUT2D eigenvalue weighted by Crippen LogP contribution is 2.55. The highest BCUT2D eigenvalue weighted by molar-refractivity contribution is 7.98. The van der Waals surface area contributed by atoms with Crippen LogP contribution in [0.15, 0.2) is 165 Å². The summed E-state index contributed by atoms with van der Waals surface area (Å²) in [7, 11) is 2.58. The van der Waals surface area contributed by atoms with E-state index in [0.29, 0.717) is 45.1 Å². The third-order valence-electron chi connectivity index (χ3n) is 18.6. The van der Waals surface area contributed by atoms with Crippen LogP contribution in [0.2, 0.25) is 0 Å². The van der Waals surface area contributed by atoms with Crippen molar-refractivity contribution in [2.24, 2.45) is 23.7 Å². The number of phenolic OH excluding ortho intramolecular Hbond substituents is 1. The van der Waals surface area contributed by atoms with Gasteiger partial charge in [0.1, 0.15) is 75.1 Å². The van der Waals surface area contributed by atoms with Gasteiger partial charge >= 0.3 is 18.1 Å². The number of benzene rings is 8. The number of rotatable bonds is 13. The molecule has 8 fully saturated rings. The summed E-state index contributed by atoms with van der Waals surface area (Å²) in [6.45, 7) is 0.433. The molecule has 1 N–H and O–H groups in total. The van der Waals surface area contributed by atoms with E-state index in [0.717, 1.165) is 75.0 Å². The first-order valence-corrected chi connectivity index (χ1v) is 38.4. The average molecular weight is 1300 g/mol. The van der Waals surface area contributed by atoms with Gasteiger partial charge in [-0.2, -0.15) is 13.2 Å². The minimum Gasteiger partial charge on any atom is -0.507 e. The molecule has 16 heteroatoms. The standard InChI is InChI=1S/C26H31O3S.C17H18F3OS.C17H19O3S.C14H14O2S/c27-25(29-26-19-12-17-11-18(14-19)15-20(26)13-17)16-28-23-7-8-24(30-9-3-4-10-30)22-6-2-1-5-21(22)23;18-17(19,20)12-21-15-8-9-16(22-10-4-1-5-11-22)14-7-3-2-6-13(14)15;1-19-17(18)12-20-15-8-9-16(21-10-4-5-11-21)14-7-3-2-6-13(14)15;15-13-5-6-14(17-9-7-16-8-10-17)12-4-2-1-3-11(12)13/h1-2,5-8,17-20,26H,3-4,9-16H2;2-3,6-9H,1,4-5,10-12H2;2-3,6-9H,4-5,10-12H2,1H3;1-6H,7-10H2/q3*+1;/p+1. The number of esters is 2. The molecule has 4 aliphatic carbocycles. The van der Waals surface area contributed by atoms with Crippen LogP contribution >= 0.6 is 0 Å². The van der Waals surface area contributed by atoms with Crippen molar-refractivity contribution in [2.75, 3.05) is 86.2 Å². The van der Waals surface area contributed by atoms with Crippen LogP contribution in [-0.4, -0.2) is 115 Å². The Morgan fingerprint density at radius 2 is 0.800 bits per heavy atom. The fraction of sp³-hybridized carbons (Fsp3) is 0.432. The maximum atomic E-state index is 12.7. The predicted octanol–water partition coefficient (Wildman–Crippen LogP) is 16.0. The second kappa shape index (κ2) is 30.2. The van der Waals surface area contributed by atoms with Crippen molar-refractivity contribution in [1.82, 2.24) is 0 Å². The molecule has 0 atom stereocenters. The molecule has 16 rings (SSSR count). The molecular weight excluding hydrogens is 1220 g/mol. The maximum Gasteiger partial charge on any atom is 0.422 e. The summed E-state index contributed by atoms with van der Waals surface area (Å²) in [6.07, 6.45) is 11.4. The Balaban J connectivity index is 0.000000119. The second-order valence-electron chi connectivity index (χ2n) is 24.6. The van der Waals surface area contributed by atoms with E-state index in [1.54, 1.807) is 6.07 Å². The third-order valence-corrected chi connectivity index (χ3v) is 28.6. The lowest BCUT2D eigenvalue weighted by atomic mass is 9.55. The Morgan fingerprint density at radius 3 is 1.22 bits per heavy atom. The Kier molecular flexibility index (Phi) is 21.6. The molecule has 9 nitrogen and oxygen atoms in total. The van der Waals surface area contributed by atoms with Gasteiger partial charge in [0, 0.05) is 86.7 Å². The first kappa shape index (κ1) is 64.2. The number of carbonyl (C=O) groups excluding carboxylic acids is 2. The van der Waals surface area contributed by atoms with Gasteiger partial charge in [-0.05, 0) is 174 Å². The quantitative estimate of drug-likeness (QED) is 0.0891. The molecule has 0 spiro atoms. The Labute approximate surface area is 538 Å². The minimum atomic E-state index is -4.31. The molecule has 8 aliphatic rings. The summed E-state index contributed by atoms with van der Waals surface area (Å²) >= 11 is 0. The number of methoxy groups -OCH3 is 1. The lowest BCUT2D eigenvalue weighted by Crippen LogP contribution is -2.50. The molecule has 4 aliphatic heterocycles. The van der Waals surface area contributed by atoms with Gasteiger partial charge in [-0.25, -0.2) is 9.59 Å². The smallest absolute Gasteiger partial charge is 0.422 e. The zero-order chi connectivity index (χ0) is 62.0. The van der Waals surface area contributed by atoms with Crippen LogP contribution in [-0.2, 0) is 67.4 Å². The third kappa shape index (κ3) is 15.6. The van der Waals surface area contributed by atoms with Gasteiger partial charge in [-0.1, -0.05) is 72.8 Å². The Bertz CT molecular complexity index is 3720. The van der Waals surface area contributed by atoms with Crippen molar-refractivity contribution < 1.29 is 56.3 Å². The molecule has 0 amide bonds. The summed E-state index contributed by atoms with van der Waals surface area (Å²) in [6, 6.07) is 48.5. The van der Waals surface area contributed by atoms with E-state index < -0.39 is 12.8 Å². The summed E-state index contributed by atoms with van der Waals surface area (Å²) in [5.74, 6) is 14.5. The molecule has 0 aromatic heterocycles. The molecule has 0 radical (unpaired) electrons. The number of alkyl halides is 3. The zero-order valence-corrected chi connectivity index (χ0v) is 54.7. The van der Waals surface area contributed by atoms with Crippen LogP contribution in [0.5, 0.6) is 23.0 Å². The van der Waals surface area contributed by atoms with Gasteiger partial charge in [0.15, 0.2) is 39.4 Å². The van der Waals surface area contributed by atoms with Crippen molar-refractivity contribution in [1.29, 1.82) is 0 Å². The van der Waals surface area contributed by atoms with Crippen molar-refractivity contribution in [3.8, 4) is 23.0 Å². The summed E-state index contributed by atoms with van der Waals surface area (Å²) in [5, 5.41) is 18.6. The van der Waals surface area contributed by atoms with Crippen LogP contribution in [0, 0.1) is 23.7 Å². The molecule has 4 saturated heterocycles. The molecular formula is C74H83F3O9S4+4. The number of ether oxygens (including phenoxy) is 6. The fourth-order valence-electron chi connectivity index (χ4n) is 14.7. The maximum absolute atomic E-state index is 12.7. The van der Waals surface area contributed by atoms with E-state index in [1.165, 1.54) is 154 Å². The van der Waals surface area contributed by atoms with Gasteiger partial charge < -0.3 is 33.5 Å². The van der Waals surface area contributed by atoms with Crippen LogP contribution < -0.4 is 14.2 Å². The molecule has 474 valence electrons. The normalized spacial score (nSPS) is 21.8. The fourth-order valence-corrected chi connectivity index (χ4v) is 24.2. The lowest BCUT2D eigenvalue weighted by molar-refractivity contribution is -0.172. The SMILES string of the molecule is COC(=O)COc1ccc([S+]2CCCC2)c2ccccc12.FC(F)(F)COc1ccc([S+]2CCCCC2)c2ccccc12.O=C(COc1ccc([S+]2CCCC2)c2ccccc12)OC1C2CC3CC(C2)CC1C3.Oc1ccc([S+]2CCOCC2)c2ccccc12. The number of hydrogen-bond acceptors (Lipinski definition) is 9. The zero-order valence-electron chi connectivity index (χ0n) is 51.4. The molecule has 8 aromatic carbocycles. The summed E-state index contributed by atoms with van der Waals surface area (Å²) in [4.78, 5) is 29.5. The molecule has 4 saturated carbocycles. The van der Waals surface area contributed by atoms with E-state index in [2.05, 4.69) is 77.5 Å². The van der Waals surface area contributed by atoms with Gasteiger partial charge in [-0.3, -0.25) is 0 Å². The number of aromatic hydroxyl groups is 1. The first-order chi connectivity index (χ1) is 43.9. The summed E-state index contributed by atoms with van der Waals surface area (Å²) in [5.41, 5.74) is 0. The predicted molar refractivity (Wildman–Crippen MR) is 364 cm³/mol. The number of phenols is 1. The van der Waals surface area contributed by atoms with Crippen molar-refractivity contribution in [3.63, 3.8) is 0 Å². The van der Waals surface area contributed by atoms with E-state index in [-0.39, 0.29) is 53.0 Å². The van der Waals surface area contributed by atoms with Crippen molar-refractivity contribution in [2.45, 2.75) is 109 Å². The topological polar surface area (TPSA) is 110 Å². The van der Waals surface area contributed by atoms with Crippen LogP contribution in [0.25, 0.3) is 43.1 Å². The van der Waals surface area contributed by atoms with Crippen LogP contribution in [0.1, 0.15) is 77.0 Å². The largest absolute Gasteiger partial charge is 0.507 e. The number of halogens is 3. The van der Waals surface area contributed by atoms with Crippen LogP contribution in [0.4, 0.5) is 13.2 Å². The van der Waals surface area contributed by atoms with E-state index >= 15 is 0 Å². The van der Waals surface area contributed by atoms with E-state index in [9.17, 15) is 27.9 Å². The van der Waals surface area contributed by atoms with Crippen molar-refractivity contribution >= 4 is 98.6 Å². The highest BCUT2D eigenvalue weighted by Gasteiger charge is 2.50. The molecule has 0 unspecified atom stereocenters. The van der Waals surface area contributed by atoms with Gasteiger partial charge in [-0.15, -0.1) is 0 Å². The Morgan fingerprint density at radius 1 is 0.444 bits per heavy atom. The summed E-state index contributed by atoms with van der Waals surface area (Å²) < 4.78 is 69.9. The van der Waals surface area contributed by atoms with Crippen LogP contribution in [0.3, 0.4) is 0 Å². The molecule has 90 heavy (non-hydrogen) atoms. The average Bonchev–Trinajstić information content (AvgIpc) is 0.956. The number of hydrogen-bond donors (Lipinski definition) is 1. The van der Waals surface area contributed by atoms with Gasteiger partial charge in [0.05, 0.1) is 20.3 Å². The minimum absolute atomic E-state index is 0.0118. The van der Waals surface area contributed by atoms with Gasteiger partial charge in [0.25, 0.3) is 0 Å². The van der Waals surface area contributed by atoms with Crippen molar-refractivity contribution in [3.05, 3.63) is 146 Å². The lowest BCUT2D eigenvalue weighted by Gasteiger charge is -2.53. The van der Waals surface area contributed by atoms with Gasteiger partial charge in [0.2, 0.25) is 0 Å². The number of carbonyl (C=O) groups is 2. The molecule has 8 aromatic rings. The second-order valence-corrected chi connectivity index (χ2v) is 33.6. The first-order valence-electron chi connectivity index (χ1n) is 32.2. The van der Waals surface area contributed by atoms with E-state index in [4.69, 9.17) is 23.7 Å². The molecule has 4 bridgehead atoms. The van der Waals surface area contributed by atoms with E-state index in [1.807, 2.05) is 66.7 Å².